The van der Waals surface area contributed by atoms with Gasteiger partial charge in [-0.1, -0.05) is 47.0 Å². The third-order valence-electron chi connectivity index (χ3n) is 5.53. The average Bonchev–Trinajstić information content (AvgIpc) is 3.41. The van der Waals surface area contributed by atoms with E-state index in [1.807, 2.05) is 36.4 Å². The van der Waals surface area contributed by atoms with E-state index in [0.717, 1.165) is 22.7 Å². The Morgan fingerprint density at radius 2 is 1.78 bits per heavy atom. The van der Waals surface area contributed by atoms with Gasteiger partial charge in [0.1, 0.15) is 17.6 Å². The first kappa shape index (κ1) is 21.0. The van der Waals surface area contributed by atoms with E-state index < -0.39 is 0 Å². The predicted molar refractivity (Wildman–Crippen MR) is 133 cm³/mol. The lowest BCUT2D eigenvalue weighted by Crippen LogP contribution is -2.29. The zero-order valence-electron chi connectivity index (χ0n) is 17.1. The molecule has 160 valence electrons. The average molecular weight is 480 g/mol. The molecule has 32 heavy (non-hydrogen) atoms. The summed E-state index contributed by atoms with van der Waals surface area (Å²) in [5.41, 5.74) is 3.92. The van der Waals surface area contributed by atoms with Gasteiger partial charge in [-0.3, -0.25) is 4.98 Å². The molecule has 7 heteroatoms. The number of benzene rings is 2. The SMILES string of the molecule is Cc1ccc(N2C(=S)N[C@@H](c3ccccn3)[C@H]2c2ccc(-c3ccc(Cl)c(Cl)c3)o2)cc1. The highest BCUT2D eigenvalue weighted by atomic mass is 35.5. The standard InChI is InChI=1S/C25H19Cl2N3OS/c1-15-5-8-17(9-6-15)30-24(23(29-25(30)32)20-4-2-3-13-28-20)22-12-11-21(31-22)16-7-10-18(26)19(27)14-16/h2-14,23-24H,1H3,(H,29,32)/t23-,24+/m0/s1. The van der Waals surface area contributed by atoms with Gasteiger partial charge in [0.25, 0.3) is 0 Å². The van der Waals surface area contributed by atoms with Gasteiger partial charge in [0.05, 0.1) is 21.8 Å². The highest BCUT2D eigenvalue weighted by molar-refractivity contribution is 7.80. The van der Waals surface area contributed by atoms with Gasteiger partial charge >= 0.3 is 0 Å². The first-order chi connectivity index (χ1) is 15.5. The monoisotopic (exact) mass is 479 g/mol. The molecule has 0 aliphatic carbocycles. The molecule has 4 nitrogen and oxygen atoms in total. The molecule has 0 amide bonds. The fraction of sp³-hybridized carbons (Fsp3) is 0.120. The Morgan fingerprint density at radius 3 is 2.50 bits per heavy atom. The van der Waals surface area contributed by atoms with Crippen molar-refractivity contribution in [3.05, 3.63) is 106 Å². The van der Waals surface area contributed by atoms with Gasteiger partial charge in [-0.2, -0.15) is 0 Å². The topological polar surface area (TPSA) is 41.3 Å². The van der Waals surface area contributed by atoms with Crippen LogP contribution in [0.1, 0.15) is 29.1 Å². The van der Waals surface area contributed by atoms with Crippen LogP contribution in [-0.4, -0.2) is 10.1 Å². The van der Waals surface area contributed by atoms with Gasteiger partial charge in [0.15, 0.2) is 5.11 Å². The lowest BCUT2D eigenvalue weighted by atomic mass is 10.0. The first-order valence-corrected chi connectivity index (χ1v) is 11.3. The summed E-state index contributed by atoms with van der Waals surface area (Å²) in [5, 5.41) is 5.06. The second kappa shape index (κ2) is 8.58. The van der Waals surface area contributed by atoms with E-state index in [9.17, 15) is 0 Å². The van der Waals surface area contributed by atoms with E-state index in [0.29, 0.717) is 20.9 Å². The molecule has 1 aliphatic rings. The zero-order valence-corrected chi connectivity index (χ0v) is 19.5. The lowest BCUT2D eigenvalue weighted by Gasteiger charge is -2.26. The smallest absolute Gasteiger partial charge is 0.174 e. The molecular weight excluding hydrogens is 461 g/mol. The fourth-order valence-corrected chi connectivity index (χ4v) is 4.59. The Morgan fingerprint density at radius 1 is 0.969 bits per heavy atom. The summed E-state index contributed by atoms with van der Waals surface area (Å²) in [7, 11) is 0. The maximum Gasteiger partial charge on any atom is 0.174 e. The van der Waals surface area contributed by atoms with Crippen molar-refractivity contribution in [1.29, 1.82) is 0 Å². The number of aryl methyl sites for hydroxylation is 1. The molecule has 5 rings (SSSR count). The quantitative estimate of drug-likeness (QED) is 0.315. The van der Waals surface area contributed by atoms with Gasteiger partial charge in [0.2, 0.25) is 0 Å². The van der Waals surface area contributed by atoms with Crippen molar-refractivity contribution in [2.45, 2.75) is 19.0 Å². The Hall–Kier alpha value is -2.86. The zero-order chi connectivity index (χ0) is 22.2. The van der Waals surface area contributed by atoms with Gasteiger partial charge in [0, 0.05) is 17.4 Å². The number of thiocarbonyl (C=S) groups is 1. The molecule has 0 unspecified atom stereocenters. The van der Waals surface area contributed by atoms with Gasteiger partial charge < -0.3 is 14.6 Å². The van der Waals surface area contributed by atoms with E-state index in [4.69, 9.17) is 39.8 Å². The molecule has 1 N–H and O–H groups in total. The van der Waals surface area contributed by atoms with Crippen molar-refractivity contribution in [3.8, 4) is 11.3 Å². The number of furan rings is 1. The third kappa shape index (κ3) is 3.88. The third-order valence-corrected chi connectivity index (χ3v) is 6.59. The number of pyridine rings is 1. The molecule has 2 aromatic carbocycles. The second-order valence-electron chi connectivity index (χ2n) is 7.66. The number of rotatable bonds is 4. The molecule has 3 heterocycles. The summed E-state index contributed by atoms with van der Waals surface area (Å²) in [4.78, 5) is 6.67. The lowest BCUT2D eigenvalue weighted by molar-refractivity contribution is 0.439. The number of anilines is 1. The van der Waals surface area contributed by atoms with Crippen molar-refractivity contribution in [3.63, 3.8) is 0 Å². The summed E-state index contributed by atoms with van der Waals surface area (Å²) >= 11 is 18.1. The predicted octanol–water partition coefficient (Wildman–Crippen LogP) is 7.13. The van der Waals surface area contributed by atoms with Gasteiger partial charge in [-0.05, 0) is 73.7 Å². The van der Waals surface area contributed by atoms with Gasteiger partial charge in [-0.25, -0.2) is 0 Å². The van der Waals surface area contributed by atoms with Crippen LogP contribution in [0.5, 0.6) is 0 Å². The maximum absolute atomic E-state index is 6.35. The molecule has 2 aromatic heterocycles. The highest BCUT2D eigenvalue weighted by Gasteiger charge is 2.42. The van der Waals surface area contributed by atoms with Crippen LogP contribution in [0.25, 0.3) is 11.3 Å². The molecule has 1 saturated heterocycles. The molecule has 0 radical (unpaired) electrons. The summed E-state index contributed by atoms with van der Waals surface area (Å²) in [5.74, 6) is 1.48. The minimum atomic E-state index is -0.211. The van der Waals surface area contributed by atoms with Crippen LogP contribution in [0.2, 0.25) is 10.0 Å². The Labute approximate surface area is 201 Å². The Balaban J connectivity index is 1.59. The van der Waals surface area contributed by atoms with E-state index >= 15 is 0 Å². The van der Waals surface area contributed by atoms with Crippen LogP contribution in [-0.2, 0) is 0 Å². The molecule has 2 atom stereocenters. The largest absolute Gasteiger partial charge is 0.459 e. The van der Waals surface area contributed by atoms with Crippen molar-refractivity contribution in [2.24, 2.45) is 0 Å². The van der Waals surface area contributed by atoms with Crippen LogP contribution in [0.3, 0.4) is 0 Å². The van der Waals surface area contributed by atoms with Crippen LogP contribution >= 0.6 is 35.4 Å². The summed E-state index contributed by atoms with van der Waals surface area (Å²) in [6.07, 6.45) is 1.79. The minimum absolute atomic E-state index is 0.169. The first-order valence-electron chi connectivity index (χ1n) is 10.1. The van der Waals surface area contributed by atoms with Crippen molar-refractivity contribution in [1.82, 2.24) is 10.3 Å². The van der Waals surface area contributed by atoms with E-state index in [2.05, 4.69) is 46.4 Å². The Bertz CT molecular complexity index is 1270. The molecule has 0 bridgehead atoms. The molecular formula is C25H19Cl2N3OS. The number of nitrogens with zero attached hydrogens (tertiary/aromatic N) is 2. The highest BCUT2D eigenvalue weighted by Crippen LogP contribution is 2.43. The van der Waals surface area contributed by atoms with Crippen LogP contribution in [0, 0.1) is 6.92 Å². The van der Waals surface area contributed by atoms with Gasteiger partial charge in [-0.15, -0.1) is 0 Å². The fourth-order valence-electron chi connectivity index (χ4n) is 3.94. The van der Waals surface area contributed by atoms with Crippen molar-refractivity contribution in [2.75, 3.05) is 4.90 Å². The number of nitrogens with one attached hydrogen (secondary N) is 1. The van der Waals surface area contributed by atoms with Crippen molar-refractivity contribution < 1.29 is 4.42 Å². The molecule has 4 aromatic rings. The molecule has 0 spiro atoms. The molecule has 1 aliphatic heterocycles. The summed E-state index contributed by atoms with van der Waals surface area (Å²) < 4.78 is 6.35. The van der Waals surface area contributed by atoms with E-state index in [-0.39, 0.29) is 12.1 Å². The Kier molecular flexibility index (Phi) is 5.64. The molecule has 0 saturated carbocycles. The summed E-state index contributed by atoms with van der Waals surface area (Å²) in [6, 6.07) is 23.2. The van der Waals surface area contributed by atoms with Crippen molar-refractivity contribution >= 4 is 46.2 Å². The number of hydrogen-bond acceptors (Lipinski definition) is 3. The number of hydrogen-bond donors (Lipinski definition) is 1. The van der Waals surface area contributed by atoms with Crippen LogP contribution in [0.15, 0.2) is 83.4 Å². The van der Waals surface area contributed by atoms with E-state index in [1.54, 1.807) is 18.3 Å². The van der Waals surface area contributed by atoms with Crippen LogP contribution < -0.4 is 10.2 Å². The number of aromatic nitrogens is 1. The molecule has 1 fully saturated rings. The van der Waals surface area contributed by atoms with Crippen LogP contribution in [0.4, 0.5) is 5.69 Å². The summed E-state index contributed by atoms with van der Waals surface area (Å²) in [6.45, 7) is 2.06. The number of halogens is 2. The minimum Gasteiger partial charge on any atom is -0.459 e. The normalized spacial score (nSPS) is 18.1. The maximum atomic E-state index is 6.35. The van der Waals surface area contributed by atoms with E-state index in [1.165, 1.54) is 5.56 Å². The second-order valence-corrected chi connectivity index (χ2v) is 8.86.